The van der Waals surface area contributed by atoms with Crippen molar-refractivity contribution in [3.05, 3.63) is 89.0 Å². The van der Waals surface area contributed by atoms with Gasteiger partial charge in [0.15, 0.2) is 0 Å². The third-order valence-electron chi connectivity index (χ3n) is 6.21. The Morgan fingerprint density at radius 2 is 1.65 bits per heavy atom. The lowest BCUT2D eigenvalue weighted by atomic mass is 9.84. The van der Waals surface area contributed by atoms with Gasteiger partial charge in [0.2, 0.25) is 5.91 Å². The number of nitrogens with zero attached hydrogens (tertiary/aromatic N) is 3. The number of halogens is 4. The monoisotopic (exact) mass is 514 g/mol. The lowest BCUT2D eigenvalue weighted by Crippen LogP contribution is -2.27. The first-order valence-corrected chi connectivity index (χ1v) is 11.6. The molecule has 1 unspecified atom stereocenters. The molecule has 4 rings (SSSR count). The molecule has 0 aliphatic heterocycles. The highest BCUT2D eigenvalue weighted by Crippen LogP contribution is 2.32. The molecule has 2 N–H and O–H groups in total. The molecule has 1 heterocycles. The molecule has 0 saturated heterocycles. The molecular formula is C27H26F4N4O2. The molecule has 37 heavy (non-hydrogen) atoms. The lowest BCUT2D eigenvalue weighted by Gasteiger charge is -2.25. The quantitative estimate of drug-likeness (QED) is 0.311. The molecule has 0 spiro atoms. The summed E-state index contributed by atoms with van der Waals surface area (Å²) in [5.41, 5.74) is 1.72. The summed E-state index contributed by atoms with van der Waals surface area (Å²) in [5, 5.41) is 20.3. The first-order valence-electron chi connectivity index (χ1n) is 11.6. The summed E-state index contributed by atoms with van der Waals surface area (Å²) in [6.07, 6.45) is -1.87. The molecule has 1 atom stereocenters. The molecule has 1 amide bonds. The minimum Gasteiger partial charge on any atom is -0.387 e. The van der Waals surface area contributed by atoms with Crippen LogP contribution in [0.4, 0.5) is 23.2 Å². The zero-order valence-corrected chi connectivity index (χ0v) is 20.5. The van der Waals surface area contributed by atoms with Crippen LogP contribution in [-0.2, 0) is 29.1 Å². The number of carbonyl (C=O) groups excluding carboxylic acids is 1. The van der Waals surface area contributed by atoms with Gasteiger partial charge in [0.1, 0.15) is 23.3 Å². The summed E-state index contributed by atoms with van der Waals surface area (Å²) in [5.74, 6) is -5.03. The molecule has 1 aromatic heterocycles. The maximum absolute atomic E-state index is 13.9. The van der Waals surface area contributed by atoms with Crippen LogP contribution in [0, 0.1) is 11.6 Å². The van der Waals surface area contributed by atoms with Gasteiger partial charge >= 0.3 is 0 Å². The van der Waals surface area contributed by atoms with Gasteiger partial charge in [-0.05, 0) is 48.4 Å². The van der Waals surface area contributed by atoms with E-state index >= 15 is 0 Å². The molecule has 0 fully saturated rings. The third kappa shape index (κ3) is 5.80. The topological polar surface area (TPSA) is 80.0 Å². The summed E-state index contributed by atoms with van der Waals surface area (Å²) < 4.78 is 56.9. The van der Waals surface area contributed by atoms with E-state index in [0.717, 1.165) is 13.0 Å². The fourth-order valence-electron chi connectivity index (χ4n) is 4.05. The number of hydrogen-bond donors (Lipinski definition) is 2. The van der Waals surface area contributed by atoms with Crippen molar-refractivity contribution in [2.45, 2.75) is 51.2 Å². The van der Waals surface area contributed by atoms with Crippen molar-refractivity contribution in [2.75, 3.05) is 5.32 Å². The van der Waals surface area contributed by atoms with Gasteiger partial charge < -0.3 is 10.4 Å². The number of alkyl halides is 2. The van der Waals surface area contributed by atoms with Crippen molar-refractivity contribution in [1.82, 2.24) is 15.0 Å². The highest BCUT2D eigenvalue weighted by molar-refractivity contribution is 5.94. The normalized spacial score (nSPS) is 13.1. The fraction of sp³-hybridized carbons (Fsp3) is 0.296. The summed E-state index contributed by atoms with van der Waals surface area (Å²) in [6, 6.07) is 13.7. The van der Waals surface area contributed by atoms with Crippen LogP contribution >= 0.6 is 0 Å². The largest absolute Gasteiger partial charge is 0.387 e. The van der Waals surface area contributed by atoms with E-state index in [1.54, 1.807) is 22.9 Å². The van der Waals surface area contributed by atoms with E-state index in [2.05, 4.69) is 15.6 Å². The molecular weight excluding hydrogens is 488 g/mol. The number of fused-ring (bicyclic) bond motifs is 1. The number of aliphatic hydroxyl groups is 1. The lowest BCUT2D eigenvalue weighted by molar-refractivity contribution is -0.115. The van der Waals surface area contributed by atoms with Crippen LogP contribution in [0.1, 0.15) is 37.5 Å². The number of amides is 1. The number of nitrogens with one attached hydrogen (secondary N) is 1. The summed E-state index contributed by atoms with van der Waals surface area (Å²) in [4.78, 5) is 12.5. The highest BCUT2D eigenvalue weighted by Gasteiger charge is 2.37. The molecule has 0 aliphatic rings. The zero-order chi connectivity index (χ0) is 27.0. The Morgan fingerprint density at radius 3 is 2.27 bits per heavy atom. The molecule has 10 heteroatoms. The average Bonchev–Trinajstić information content (AvgIpc) is 3.20. The van der Waals surface area contributed by atoms with Gasteiger partial charge in [0.25, 0.3) is 5.92 Å². The van der Waals surface area contributed by atoms with E-state index in [1.165, 1.54) is 36.4 Å². The number of rotatable bonds is 8. The van der Waals surface area contributed by atoms with Crippen molar-refractivity contribution in [3.8, 4) is 0 Å². The zero-order valence-electron chi connectivity index (χ0n) is 20.5. The van der Waals surface area contributed by atoms with Crippen LogP contribution in [0.5, 0.6) is 0 Å². The van der Waals surface area contributed by atoms with E-state index in [0.29, 0.717) is 34.4 Å². The van der Waals surface area contributed by atoms with Crippen molar-refractivity contribution in [3.63, 3.8) is 0 Å². The number of anilines is 1. The Kier molecular flexibility index (Phi) is 7.05. The summed E-state index contributed by atoms with van der Waals surface area (Å²) >= 11 is 0. The van der Waals surface area contributed by atoms with Crippen molar-refractivity contribution in [2.24, 2.45) is 0 Å². The predicted octanol–water partition coefficient (Wildman–Crippen LogP) is 5.34. The second kappa shape index (κ2) is 9.93. The van der Waals surface area contributed by atoms with Crippen LogP contribution in [0.2, 0.25) is 0 Å². The number of hydrogen-bond acceptors (Lipinski definition) is 4. The van der Waals surface area contributed by atoms with E-state index in [9.17, 15) is 27.5 Å². The van der Waals surface area contributed by atoms with Crippen LogP contribution in [0.25, 0.3) is 11.0 Å². The minimum absolute atomic E-state index is 0.0381. The molecule has 0 aliphatic carbocycles. The maximum atomic E-state index is 13.9. The molecule has 3 aromatic carbocycles. The Balaban J connectivity index is 1.44. The number of carbonyl (C=O) groups is 1. The standard InChI is InChI=1S/C27H26F4N4O2/c1-16(36)27(30,31)18-6-4-17(5-7-18)10-25(37)32-22-8-9-24-23(14-22)33-34-35(24)15-26(2,3)19-11-20(28)13-21(29)12-19/h4-9,11-14,16,36H,10,15H2,1-3H3,(H,32,37). The van der Waals surface area contributed by atoms with Crippen LogP contribution in [0.15, 0.2) is 60.7 Å². The van der Waals surface area contributed by atoms with Crippen LogP contribution in [-0.4, -0.2) is 32.1 Å². The summed E-state index contributed by atoms with van der Waals surface area (Å²) in [6.45, 7) is 5.02. The molecule has 0 radical (unpaired) electrons. The van der Waals surface area contributed by atoms with Crippen LogP contribution in [0.3, 0.4) is 0 Å². The second-order valence-corrected chi connectivity index (χ2v) is 9.71. The van der Waals surface area contributed by atoms with Crippen molar-refractivity contribution >= 4 is 22.6 Å². The molecule has 194 valence electrons. The van der Waals surface area contributed by atoms with Gasteiger partial charge in [-0.3, -0.25) is 4.79 Å². The number of benzene rings is 3. The molecule has 4 aromatic rings. The first-order chi connectivity index (χ1) is 17.3. The third-order valence-corrected chi connectivity index (χ3v) is 6.21. The smallest absolute Gasteiger partial charge is 0.298 e. The van der Waals surface area contributed by atoms with E-state index in [1.807, 2.05) is 13.8 Å². The second-order valence-electron chi connectivity index (χ2n) is 9.71. The Labute approximate surface area is 210 Å². The average molecular weight is 515 g/mol. The summed E-state index contributed by atoms with van der Waals surface area (Å²) in [7, 11) is 0. The van der Waals surface area contributed by atoms with Crippen LogP contribution < -0.4 is 5.32 Å². The Bertz CT molecular complexity index is 1410. The number of aliphatic hydroxyl groups excluding tert-OH is 1. The number of aromatic nitrogens is 3. The molecule has 0 bridgehead atoms. The van der Waals surface area contributed by atoms with E-state index in [-0.39, 0.29) is 17.9 Å². The van der Waals surface area contributed by atoms with Gasteiger partial charge in [-0.1, -0.05) is 43.3 Å². The first kappa shape index (κ1) is 26.3. The molecule has 0 saturated carbocycles. The van der Waals surface area contributed by atoms with E-state index < -0.39 is 29.1 Å². The fourth-order valence-corrected chi connectivity index (χ4v) is 4.05. The van der Waals surface area contributed by atoms with Gasteiger partial charge in [-0.15, -0.1) is 5.10 Å². The predicted molar refractivity (Wildman–Crippen MR) is 131 cm³/mol. The van der Waals surface area contributed by atoms with Crippen molar-refractivity contribution in [1.29, 1.82) is 0 Å². The van der Waals surface area contributed by atoms with Gasteiger partial charge in [-0.2, -0.15) is 8.78 Å². The van der Waals surface area contributed by atoms with Gasteiger partial charge in [0, 0.05) is 22.7 Å². The Hall–Kier alpha value is -3.79. The maximum Gasteiger partial charge on any atom is 0.298 e. The van der Waals surface area contributed by atoms with Crippen molar-refractivity contribution < 1.29 is 27.5 Å². The Morgan fingerprint density at radius 1 is 1.00 bits per heavy atom. The molecule has 6 nitrogen and oxygen atoms in total. The minimum atomic E-state index is -3.38. The van der Waals surface area contributed by atoms with Gasteiger partial charge in [0.05, 0.1) is 18.5 Å². The SMILES string of the molecule is CC(O)C(F)(F)c1ccc(CC(=O)Nc2ccc3c(c2)nnn3CC(C)(C)c2cc(F)cc(F)c2)cc1. The van der Waals surface area contributed by atoms with E-state index in [4.69, 9.17) is 0 Å². The van der Waals surface area contributed by atoms with Gasteiger partial charge in [-0.25, -0.2) is 13.5 Å². The highest BCUT2D eigenvalue weighted by atomic mass is 19.3.